The molecule has 0 aliphatic heterocycles. The van der Waals surface area contributed by atoms with E-state index in [9.17, 15) is 13.2 Å². The average molecular weight is 426 g/mol. The van der Waals surface area contributed by atoms with Crippen molar-refractivity contribution in [3.63, 3.8) is 0 Å². The van der Waals surface area contributed by atoms with Crippen molar-refractivity contribution in [1.29, 1.82) is 0 Å². The predicted octanol–water partition coefficient (Wildman–Crippen LogP) is 4.04. The van der Waals surface area contributed by atoms with Gasteiger partial charge in [-0.2, -0.15) is 13.2 Å². The fraction of sp³-hybridized carbons (Fsp3) is 0.250. The van der Waals surface area contributed by atoms with Crippen LogP contribution in [0.3, 0.4) is 0 Å². The molecule has 0 spiro atoms. The van der Waals surface area contributed by atoms with Crippen LogP contribution in [0.25, 0.3) is 11.4 Å². The molecule has 0 radical (unpaired) electrons. The Morgan fingerprint density at radius 3 is 1.72 bits per heavy atom. The Morgan fingerprint density at radius 2 is 1.31 bits per heavy atom. The van der Waals surface area contributed by atoms with Gasteiger partial charge in [0.2, 0.25) is 0 Å². The van der Waals surface area contributed by atoms with Gasteiger partial charge in [0.25, 0.3) is 6.33 Å². The lowest BCUT2D eigenvalue weighted by Gasteiger charge is -2.08. The van der Waals surface area contributed by atoms with Gasteiger partial charge in [0, 0.05) is 0 Å². The van der Waals surface area contributed by atoms with E-state index in [-0.39, 0.29) is 0 Å². The Balaban J connectivity index is 0.000000321. The molecule has 0 unspecified atom stereocenters. The molecule has 0 saturated heterocycles. The van der Waals surface area contributed by atoms with E-state index in [4.69, 9.17) is 13.0 Å². The fourth-order valence-electron chi connectivity index (χ4n) is 3.05. The summed E-state index contributed by atoms with van der Waals surface area (Å²) in [5.41, 5.74) is 2.05. The van der Waals surface area contributed by atoms with Crippen LogP contribution in [0, 0.1) is 27.7 Å². The number of aryl methyl sites for hydroxylation is 4. The van der Waals surface area contributed by atoms with Gasteiger partial charge in [0.15, 0.2) is 10.1 Å². The molecule has 3 rings (SSSR count). The summed E-state index contributed by atoms with van der Waals surface area (Å²) in [5.74, 6) is 0. The first-order valence-electron chi connectivity index (χ1n) is 8.57. The van der Waals surface area contributed by atoms with Gasteiger partial charge in [-0.15, -0.1) is 0 Å². The lowest BCUT2D eigenvalue weighted by Crippen LogP contribution is -2.30. The number of nitrogens with zero attached hydrogens (tertiary/aromatic N) is 2. The van der Waals surface area contributed by atoms with Crippen molar-refractivity contribution in [3.8, 4) is 11.4 Å². The van der Waals surface area contributed by atoms with Crippen LogP contribution in [0.2, 0.25) is 0 Å². The van der Waals surface area contributed by atoms with Crippen molar-refractivity contribution in [1.82, 2.24) is 4.57 Å². The number of imidazole rings is 1. The number of alkyl halides is 3. The standard InChI is InChI=1S/C19H21N2.CHF3O3S/c1-14-7-5-8-15(2)18(14)20-11-12-21(13-20)19-16(3)9-6-10-17(19)4;2-1(3,4)8(5,6)7/h5-13H,1-4H3;(H,5,6,7)/q+1;/p-1. The summed E-state index contributed by atoms with van der Waals surface area (Å²) < 4.78 is 63.3. The topological polar surface area (TPSA) is 66.0 Å². The van der Waals surface area contributed by atoms with Crippen LogP contribution >= 0.6 is 0 Å². The second kappa shape index (κ2) is 8.38. The SMILES string of the molecule is Cc1cccc(C)c1-n1cc[n+](-c2c(C)cccc2C)c1.O=S(=O)([O-])C(F)(F)F. The molecule has 2 aromatic carbocycles. The van der Waals surface area contributed by atoms with E-state index >= 15 is 0 Å². The van der Waals surface area contributed by atoms with Crippen molar-refractivity contribution in [2.45, 2.75) is 33.2 Å². The normalized spacial score (nSPS) is 11.7. The van der Waals surface area contributed by atoms with Crippen molar-refractivity contribution in [2.75, 3.05) is 0 Å². The maximum absolute atomic E-state index is 10.7. The van der Waals surface area contributed by atoms with Crippen molar-refractivity contribution in [3.05, 3.63) is 77.4 Å². The van der Waals surface area contributed by atoms with E-state index in [2.05, 4.69) is 91.9 Å². The number of halogens is 3. The first-order chi connectivity index (χ1) is 13.3. The zero-order valence-corrected chi connectivity index (χ0v) is 17.2. The third-order valence-corrected chi connectivity index (χ3v) is 4.88. The molecule has 3 aromatic rings. The van der Waals surface area contributed by atoms with Crippen LogP contribution in [0.1, 0.15) is 22.3 Å². The van der Waals surface area contributed by atoms with Crippen molar-refractivity contribution in [2.24, 2.45) is 0 Å². The summed E-state index contributed by atoms with van der Waals surface area (Å²) in [6.45, 7) is 8.63. The quantitative estimate of drug-likeness (QED) is 0.353. The van der Waals surface area contributed by atoms with Gasteiger partial charge in [-0.3, -0.25) is 0 Å². The molecule has 0 bridgehead atoms. The summed E-state index contributed by atoms with van der Waals surface area (Å²) in [7, 11) is -6.09. The van der Waals surface area contributed by atoms with E-state index in [0.29, 0.717) is 0 Å². The molecule has 0 fully saturated rings. The van der Waals surface area contributed by atoms with Crippen LogP contribution in [-0.4, -0.2) is 23.0 Å². The summed E-state index contributed by atoms with van der Waals surface area (Å²) in [4.78, 5) is 0. The number of rotatable bonds is 2. The molecule has 1 heterocycles. The van der Waals surface area contributed by atoms with Gasteiger partial charge in [-0.25, -0.2) is 17.6 Å². The minimum Gasteiger partial charge on any atom is -0.741 e. The van der Waals surface area contributed by atoms with E-state index in [0.717, 1.165) is 0 Å². The third-order valence-electron chi connectivity index (χ3n) is 4.32. The fourth-order valence-corrected chi connectivity index (χ4v) is 3.05. The predicted molar refractivity (Wildman–Crippen MR) is 102 cm³/mol. The molecular weight excluding hydrogens is 405 g/mol. The van der Waals surface area contributed by atoms with Crippen LogP contribution in [0.15, 0.2) is 55.1 Å². The number of hydrogen-bond acceptors (Lipinski definition) is 3. The van der Waals surface area contributed by atoms with Gasteiger partial charge in [0.05, 0.1) is 0 Å². The lowest BCUT2D eigenvalue weighted by atomic mass is 10.1. The van der Waals surface area contributed by atoms with Crippen LogP contribution in [0.5, 0.6) is 0 Å². The number of hydrogen-bond donors (Lipinski definition) is 0. The average Bonchev–Trinajstić information content (AvgIpc) is 3.02. The van der Waals surface area contributed by atoms with Crippen LogP contribution in [-0.2, 0) is 10.1 Å². The van der Waals surface area contributed by atoms with Crippen LogP contribution in [0.4, 0.5) is 13.2 Å². The summed E-state index contributed by atoms with van der Waals surface area (Å²) in [6, 6.07) is 12.9. The summed E-state index contributed by atoms with van der Waals surface area (Å²) in [5, 5.41) is 0. The first kappa shape index (κ1) is 22.6. The minimum atomic E-state index is -6.09. The maximum atomic E-state index is 10.7. The Labute approximate surface area is 167 Å². The zero-order chi connectivity index (χ0) is 22.0. The Hall–Kier alpha value is -2.65. The molecule has 0 aliphatic carbocycles. The Morgan fingerprint density at radius 1 is 0.897 bits per heavy atom. The van der Waals surface area contributed by atoms with Gasteiger partial charge in [-0.05, 0) is 49.9 Å². The van der Waals surface area contributed by atoms with Crippen molar-refractivity contribution >= 4 is 10.1 Å². The molecule has 9 heteroatoms. The van der Waals surface area contributed by atoms with E-state index in [1.807, 2.05) is 0 Å². The smallest absolute Gasteiger partial charge is 0.485 e. The van der Waals surface area contributed by atoms with Gasteiger partial charge in [-0.1, -0.05) is 36.4 Å². The second-order valence-electron chi connectivity index (χ2n) is 6.61. The molecular formula is C20H21F3N2O3S. The summed E-state index contributed by atoms with van der Waals surface area (Å²) >= 11 is 0. The molecule has 156 valence electrons. The van der Waals surface area contributed by atoms with Gasteiger partial charge >= 0.3 is 5.51 Å². The third kappa shape index (κ3) is 5.24. The van der Waals surface area contributed by atoms with Gasteiger partial charge in [0.1, 0.15) is 23.8 Å². The highest BCUT2D eigenvalue weighted by atomic mass is 32.2. The number of aromatic nitrogens is 2. The molecule has 0 saturated carbocycles. The van der Waals surface area contributed by atoms with Crippen LogP contribution < -0.4 is 4.57 Å². The highest BCUT2D eigenvalue weighted by Gasteiger charge is 2.36. The first-order valence-corrected chi connectivity index (χ1v) is 9.98. The number of para-hydroxylation sites is 2. The maximum Gasteiger partial charge on any atom is 0.485 e. The Kier molecular flexibility index (Phi) is 6.54. The van der Waals surface area contributed by atoms with E-state index in [1.54, 1.807) is 0 Å². The molecule has 29 heavy (non-hydrogen) atoms. The summed E-state index contributed by atoms with van der Waals surface area (Å²) in [6.07, 6.45) is 6.41. The highest BCUT2D eigenvalue weighted by molar-refractivity contribution is 7.86. The van der Waals surface area contributed by atoms with E-state index < -0.39 is 15.6 Å². The monoisotopic (exact) mass is 426 g/mol. The lowest BCUT2D eigenvalue weighted by molar-refractivity contribution is -0.595. The molecule has 5 nitrogen and oxygen atoms in total. The molecule has 1 aromatic heterocycles. The largest absolute Gasteiger partial charge is 0.741 e. The highest BCUT2D eigenvalue weighted by Crippen LogP contribution is 2.20. The van der Waals surface area contributed by atoms with Crippen molar-refractivity contribution < 1.29 is 30.7 Å². The second-order valence-corrected chi connectivity index (χ2v) is 7.98. The number of benzene rings is 2. The molecule has 0 aliphatic rings. The minimum absolute atomic E-state index is 1.27. The van der Waals surface area contributed by atoms with E-state index in [1.165, 1.54) is 33.6 Å². The molecule has 0 N–H and O–H groups in total. The zero-order valence-electron chi connectivity index (χ0n) is 16.4. The Bertz CT molecular complexity index is 1010. The molecule has 0 amide bonds. The van der Waals surface area contributed by atoms with Gasteiger partial charge < -0.3 is 4.55 Å². The molecule has 0 atom stereocenters.